The predicted molar refractivity (Wildman–Crippen MR) is 184 cm³/mol. The monoisotopic (exact) mass is 720 g/mol. The molecule has 2 atom stereocenters. The normalized spacial score (nSPS) is 15.1. The highest BCUT2D eigenvalue weighted by molar-refractivity contribution is 7.85. The van der Waals surface area contributed by atoms with Gasteiger partial charge >= 0.3 is 0 Å². The highest BCUT2D eigenvalue weighted by Crippen LogP contribution is 2.35. The van der Waals surface area contributed by atoms with E-state index >= 15 is 0 Å². The smallest absolute Gasteiger partial charge is 0.270 e. The van der Waals surface area contributed by atoms with Crippen molar-refractivity contribution in [1.29, 1.82) is 0 Å². The maximum absolute atomic E-state index is 13.4. The molecule has 0 spiro atoms. The molecule has 2 unspecified atom stereocenters. The van der Waals surface area contributed by atoms with E-state index in [1.54, 1.807) is 50.2 Å². The van der Waals surface area contributed by atoms with Crippen LogP contribution in [0.25, 0.3) is 21.5 Å². The average molecular weight is 721 g/mol. The van der Waals surface area contributed by atoms with Crippen LogP contribution < -0.4 is 10.6 Å². The Hall–Kier alpha value is -5.69. The van der Waals surface area contributed by atoms with Crippen LogP contribution in [0.15, 0.2) is 60.7 Å². The minimum atomic E-state index is -3.67. The lowest BCUT2D eigenvalue weighted by atomic mass is 9.92. The molecule has 4 aromatic carbocycles. The van der Waals surface area contributed by atoms with Crippen LogP contribution in [0, 0.1) is 20.2 Å². The molecule has 266 valence electrons. The Morgan fingerprint density at radius 2 is 1.00 bits per heavy atom. The first kappa shape index (κ1) is 36.6. The van der Waals surface area contributed by atoms with Crippen LogP contribution in [-0.4, -0.2) is 101 Å². The van der Waals surface area contributed by atoms with E-state index in [0.717, 1.165) is 9.80 Å². The molecule has 2 aliphatic rings. The fourth-order valence-corrected chi connectivity index (χ4v) is 6.21. The molecule has 2 heterocycles. The Morgan fingerprint density at radius 3 is 1.33 bits per heavy atom. The van der Waals surface area contributed by atoms with Crippen molar-refractivity contribution in [1.82, 2.24) is 20.4 Å². The maximum atomic E-state index is 13.4. The third kappa shape index (κ3) is 7.43. The molecule has 0 saturated carbocycles. The molecular weight excluding hydrogens is 688 g/mol. The van der Waals surface area contributed by atoms with Crippen molar-refractivity contribution >= 4 is 66.7 Å². The number of hydrogen-bond donors (Lipinski definition) is 3. The number of nitrogens with zero attached hydrogens (tertiary/aromatic N) is 4. The van der Waals surface area contributed by atoms with Crippen molar-refractivity contribution in [3.8, 4) is 0 Å². The molecule has 0 bridgehead atoms. The number of nitrogens with one attached hydrogen (secondary N) is 2. The second-order valence-electron chi connectivity index (χ2n) is 12.1. The van der Waals surface area contributed by atoms with Gasteiger partial charge < -0.3 is 10.6 Å². The molecule has 0 radical (unpaired) electrons. The van der Waals surface area contributed by atoms with E-state index in [1.165, 1.54) is 24.3 Å². The topological polar surface area (TPSA) is 239 Å². The molecule has 2 aliphatic heterocycles. The first-order valence-corrected chi connectivity index (χ1v) is 17.4. The molecule has 4 amide bonds. The number of amides is 4. The van der Waals surface area contributed by atoms with Crippen molar-refractivity contribution in [2.24, 2.45) is 0 Å². The fraction of sp³-hybridized carbons (Fsp3) is 0.273. The summed E-state index contributed by atoms with van der Waals surface area (Å²) < 4.78 is 25.9. The molecule has 0 aliphatic carbocycles. The minimum absolute atomic E-state index is 0.108. The van der Waals surface area contributed by atoms with Crippen LogP contribution >= 0.6 is 0 Å². The highest BCUT2D eigenvalue weighted by Gasteiger charge is 2.38. The first-order chi connectivity index (χ1) is 24.0. The summed E-state index contributed by atoms with van der Waals surface area (Å²) in [5.41, 5.74) is 0.363. The van der Waals surface area contributed by atoms with Gasteiger partial charge in [-0.15, -0.1) is 0 Å². The lowest BCUT2D eigenvalue weighted by Crippen LogP contribution is -2.51. The van der Waals surface area contributed by atoms with Gasteiger partial charge in [0.15, 0.2) is 0 Å². The maximum Gasteiger partial charge on any atom is 0.270 e. The summed E-state index contributed by atoms with van der Waals surface area (Å²) in [5, 5.41) is 31.0. The van der Waals surface area contributed by atoms with Crippen LogP contribution in [0.1, 0.15) is 55.3 Å². The van der Waals surface area contributed by atoms with Crippen LogP contribution in [-0.2, 0) is 10.1 Å². The molecule has 3 N–H and O–H groups in total. The van der Waals surface area contributed by atoms with Crippen molar-refractivity contribution in [3.05, 3.63) is 103 Å². The molecule has 0 saturated heterocycles. The summed E-state index contributed by atoms with van der Waals surface area (Å²) in [6.45, 7) is 4.74. The van der Waals surface area contributed by atoms with E-state index in [1.807, 2.05) is 0 Å². The van der Waals surface area contributed by atoms with E-state index in [2.05, 4.69) is 10.6 Å². The van der Waals surface area contributed by atoms with Crippen LogP contribution in [0.5, 0.6) is 0 Å². The lowest BCUT2D eigenvalue weighted by molar-refractivity contribution is -0.384. The van der Waals surface area contributed by atoms with Gasteiger partial charge in [0.05, 0.1) is 27.2 Å². The second-order valence-corrected chi connectivity index (χ2v) is 13.6. The van der Waals surface area contributed by atoms with Gasteiger partial charge in [-0.3, -0.25) is 53.8 Å². The number of non-ortho nitro benzene ring substituents is 2. The van der Waals surface area contributed by atoms with Gasteiger partial charge in [-0.1, -0.05) is 24.3 Å². The number of carbonyl (C=O) groups is 4. The Labute approximate surface area is 290 Å². The largest absolute Gasteiger partial charge is 0.313 e. The Bertz CT molecular complexity index is 2110. The Balaban J connectivity index is 0.000000943. The van der Waals surface area contributed by atoms with Crippen molar-refractivity contribution < 1.29 is 42.0 Å². The zero-order valence-corrected chi connectivity index (χ0v) is 28.3. The number of hydrogen-bond acceptors (Lipinski definition) is 12. The standard InChI is InChI=1S/C32H28N6O8.CH4O3S/c1-17(35-29(39)23-7-3-5-19-11-21(37(43)44)13-25(27(19)23)31(35)41)15-33-9-10-34-16-18(2)36-30(40)24-8-4-6-20-12-22(38(45)46)14-26(28(20)24)32(36)42;1-5(2,3)4/h3-8,11-14,17-18,33-34H,9-10,15-16H2,1-2H3;1H3,(H,2,3,4). The first-order valence-electron chi connectivity index (χ1n) is 15.5. The van der Waals surface area contributed by atoms with Gasteiger partial charge in [0.1, 0.15) is 0 Å². The highest BCUT2D eigenvalue weighted by atomic mass is 32.2. The number of imide groups is 2. The fourth-order valence-electron chi connectivity index (χ4n) is 6.21. The van der Waals surface area contributed by atoms with E-state index in [4.69, 9.17) is 4.55 Å². The molecule has 6 rings (SSSR count). The Morgan fingerprint density at radius 1 is 0.667 bits per heavy atom. The van der Waals surface area contributed by atoms with E-state index in [-0.39, 0.29) is 35.6 Å². The van der Waals surface area contributed by atoms with E-state index < -0.39 is 55.7 Å². The van der Waals surface area contributed by atoms with Gasteiger partial charge in [0, 0.05) is 84.4 Å². The molecule has 17 nitrogen and oxygen atoms in total. The van der Waals surface area contributed by atoms with E-state index in [9.17, 15) is 47.8 Å². The Kier molecular flexibility index (Phi) is 10.2. The molecule has 51 heavy (non-hydrogen) atoms. The van der Waals surface area contributed by atoms with Gasteiger partial charge in [-0.25, -0.2) is 0 Å². The number of nitro benzene ring substituents is 2. The van der Waals surface area contributed by atoms with Crippen LogP contribution in [0.4, 0.5) is 11.4 Å². The summed E-state index contributed by atoms with van der Waals surface area (Å²) >= 11 is 0. The molecular formula is C33H32N6O11S. The zero-order valence-electron chi connectivity index (χ0n) is 27.5. The molecule has 18 heteroatoms. The van der Waals surface area contributed by atoms with Crippen molar-refractivity contribution in [2.45, 2.75) is 25.9 Å². The summed E-state index contributed by atoms with van der Waals surface area (Å²) in [5.74, 6) is -2.15. The summed E-state index contributed by atoms with van der Waals surface area (Å²) in [6, 6.07) is 13.7. The molecule has 4 aromatic rings. The van der Waals surface area contributed by atoms with Crippen molar-refractivity contribution in [2.75, 3.05) is 32.4 Å². The van der Waals surface area contributed by atoms with Gasteiger partial charge in [0.25, 0.3) is 45.1 Å². The molecule has 0 fully saturated rings. The van der Waals surface area contributed by atoms with Crippen LogP contribution in [0.2, 0.25) is 0 Å². The van der Waals surface area contributed by atoms with Crippen LogP contribution in [0.3, 0.4) is 0 Å². The predicted octanol–water partition coefficient (Wildman–Crippen LogP) is 3.16. The van der Waals surface area contributed by atoms with Gasteiger partial charge in [0.2, 0.25) is 0 Å². The number of carbonyl (C=O) groups excluding carboxylic acids is 4. The van der Waals surface area contributed by atoms with Crippen molar-refractivity contribution in [3.63, 3.8) is 0 Å². The second kappa shape index (κ2) is 14.3. The third-order valence-electron chi connectivity index (χ3n) is 8.38. The SMILES string of the molecule is CC(CNCCNCC(C)N1C(=O)c2cccc3cc([N+](=O)[O-])cc(c23)C1=O)N1C(=O)c2cccc3cc([N+](=O)[O-])cc(c23)C1=O.CS(=O)(=O)O. The number of benzene rings is 4. The zero-order chi connectivity index (χ0) is 37.4. The summed E-state index contributed by atoms with van der Waals surface area (Å²) in [7, 11) is -3.67. The lowest BCUT2D eigenvalue weighted by Gasteiger charge is -2.32. The van der Waals surface area contributed by atoms with Gasteiger partial charge in [-0.2, -0.15) is 8.42 Å². The number of nitro groups is 2. The average Bonchev–Trinajstić information content (AvgIpc) is 3.06. The number of rotatable bonds is 11. The third-order valence-corrected chi connectivity index (χ3v) is 8.38. The summed E-state index contributed by atoms with van der Waals surface area (Å²) in [4.78, 5) is 77.4. The minimum Gasteiger partial charge on any atom is -0.313 e. The van der Waals surface area contributed by atoms with E-state index in [0.29, 0.717) is 52.0 Å². The summed E-state index contributed by atoms with van der Waals surface area (Å²) in [6.07, 6.45) is 0.715. The van der Waals surface area contributed by atoms with Gasteiger partial charge in [-0.05, 0) is 36.8 Å². The molecule has 0 aromatic heterocycles. The quantitative estimate of drug-likeness (QED) is 0.0664.